The van der Waals surface area contributed by atoms with Crippen LogP contribution in [0.3, 0.4) is 0 Å². The van der Waals surface area contributed by atoms with Crippen LogP contribution in [0.2, 0.25) is 0 Å². The molecule has 2 aromatic rings. The Hall–Kier alpha value is -1.70. The lowest BCUT2D eigenvalue weighted by Gasteiger charge is -2.30. The monoisotopic (exact) mass is 397 g/mol. The summed E-state index contributed by atoms with van der Waals surface area (Å²) in [7, 11) is 0. The van der Waals surface area contributed by atoms with Crippen molar-refractivity contribution in [1.29, 1.82) is 0 Å². The highest BCUT2D eigenvalue weighted by molar-refractivity contribution is 7.20. The highest BCUT2D eigenvalue weighted by Crippen LogP contribution is 2.41. The lowest BCUT2D eigenvalue weighted by Crippen LogP contribution is -2.41. The molecule has 27 heavy (non-hydrogen) atoms. The molecule has 0 aliphatic heterocycles. The van der Waals surface area contributed by atoms with Crippen molar-refractivity contribution in [2.45, 2.75) is 70.5 Å². The van der Waals surface area contributed by atoms with E-state index in [0.29, 0.717) is 23.6 Å². The Morgan fingerprint density at radius 1 is 1.15 bits per heavy atom. The zero-order valence-corrected chi connectivity index (χ0v) is 16.1. The number of rotatable bonds is 3. The van der Waals surface area contributed by atoms with Crippen molar-refractivity contribution < 1.29 is 18.0 Å². The minimum Gasteiger partial charge on any atom is -0.349 e. The summed E-state index contributed by atoms with van der Waals surface area (Å²) in [5, 5.41) is 3.73. The molecule has 146 valence electrons. The molecule has 4 nitrogen and oxygen atoms in total. The maximum Gasteiger partial charge on any atom is 0.391 e. The number of carbonyl (C=O) groups is 1. The Morgan fingerprint density at radius 3 is 2.56 bits per heavy atom. The largest absolute Gasteiger partial charge is 0.391 e. The topological polar surface area (TPSA) is 54.9 Å². The van der Waals surface area contributed by atoms with Gasteiger partial charge in [-0.25, -0.2) is 9.97 Å². The maximum absolute atomic E-state index is 13.0. The fraction of sp³-hybridized carbons (Fsp3) is 0.632. The number of hydrogen-bond donors (Lipinski definition) is 1. The van der Waals surface area contributed by atoms with E-state index in [0.717, 1.165) is 40.1 Å². The van der Waals surface area contributed by atoms with Crippen molar-refractivity contribution in [3.63, 3.8) is 0 Å². The number of amides is 1. The van der Waals surface area contributed by atoms with Crippen LogP contribution in [0.25, 0.3) is 10.2 Å². The number of aryl methyl sites for hydroxylation is 2. The van der Waals surface area contributed by atoms with Crippen LogP contribution in [0.4, 0.5) is 13.2 Å². The zero-order valence-electron chi connectivity index (χ0n) is 15.3. The summed E-state index contributed by atoms with van der Waals surface area (Å²) in [6.07, 6.45) is -0.804. The molecule has 2 heterocycles. The molecule has 0 spiro atoms. The first-order valence-corrected chi connectivity index (χ1v) is 10.2. The molecule has 0 unspecified atom stereocenters. The SMILES string of the molecule is Cc1nc(C2CC2)nc2sc(C(=O)N[C@H]3CCC[C@H](C(F)(F)F)C3)c(C)c12. The molecule has 0 radical (unpaired) electrons. The van der Waals surface area contributed by atoms with Crippen molar-refractivity contribution >= 4 is 27.5 Å². The summed E-state index contributed by atoms with van der Waals surface area (Å²) in [6.45, 7) is 3.78. The molecule has 4 rings (SSSR count). The van der Waals surface area contributed by atoms with E-state index in [1.54, 1.807) is 0 Å². The second-order valence-electron chi connectivity index (χ2n) is 7.75. The standard InChI is InChI=1S/C19H22F3N3OS/c1-9-14-10(2)23-16(11-6-7-11)25-18(14)27-15(9)17(26)24-13-5-3-4-12(8-13)19(20,21)22/h11-13H,3-8H2,1-2H3,(H,24,26)/t12-,13-/m0/s1. The van der Waals surface area contributed by atoms with Gasteiger partial charge in [0.15, 0.2) is 0 Å². The summed E-state index contributed by atoms with van der Waals surface area (Å²) in [5.41, 5.74) is 1.68. The van der Waals surface area contributed by atoms with Gasteiger partial charge in [0.2, 0.25) is 0 Å². The van der Waals surface area contributed by atoms with E-state index in [9.17, 15) is 18.0 Å². The van der Waals surface area contributed by atoms with Gasteiger partial charge in [0, 0.05) is 17.3 Å². The zero-order chi connectivity index (χ0) is 19.3. The molecule has 2 aliphatic carbocycles. The smallest absolute Gasteiger partial charge is 0.349 e. The quantitative estimate of drug-likeness (QED) is 0.790. The number of fused-ring (bicyclic) bond motifs is 1. The van der Waals surface area contributed by atoms with Gasteiger partial charge in [-0.1, -0.05) is 6.42 Å². The van der Waals surface area contributed by atoms with E-state index in [1.165, 1.54) is 11.3 Å². The number of alkyl halides is 3. The molecule has 0 bridgehead atoms. The first kappa shape index (κ1) is 18.7. The van der Waals surface area contributed by atoms with Crippen LogP contribution in [-0.4, -0.2) is 28.1 Å². The Labute approximate surface area is 159 Å². The molecule has 2 saturated carbocycles. The van der Waals surface area contributed by atoms with Gasteiger partial charge in [0.25, 0.3) is 5.91 Å². The van der Waals surface area contributed by atoms with Crippen molar-refractivity contribution in [2.75, 3.05) is 0 Å². The first-order chi connectivity index (χ1) is 12.7. The minimum atomic E-state index is -4.19. The van der Waals surface area contributed by atoms with E-state index in [-0.39, 0.29) is 18.7 Å². The van der Waals surface area contributed by atoms with E-state index in [4.69, 9.17) is 0 Å². The van der Waals surface area contributed by atoms with Gasteiger partial charge < -0.3 is 5.32 Å². The van der Waals surface area contributed by atoms with Gasteiger partial charge in [0.05, 0.1) is 16.5 Å². The van der Waals surface area contributed by atoms with Gasteiger partial charge in [-0.15, -0.1) is 11.3 Å². The Balaban J connectivity index is 1.56. The van der Waals surface area contributed by atoms with Crippen LogP contribution < -0.4 is 5.32 Å². The van der Waals surface area contributed by atoms with E-state index < -0.39 is 18.1 Å². The van der Waals surface area contributed by atoms with Crippen molar-refractivity contribution in [3.8, 4) is 0 Å². The first-order valence-electron chi connectivity index (χ1n) is 9.39. The molecule has 2 aromatic heterocycles. The third-order valence-corrected chi connectivity index (χ3v) is 6.79. The van der Waals surface area contributed by atoms with Crippen LogP contribution >= 0.6 is 11.3 Å². The second-order valence-corrected chi connectivity index (χ2v) is 8.75. The van der Waals surface area contributed by atoms with Crippen LogP contribution in [0.15, 0.2) is 0 Å². The highest BCUT2D eigenvalue weighted by atomic mass is 32.1. The molecule has 2 atom stereocenters. The highest BCUT2D eigenvalue weighted by Gasteiger charge is 2.42. The molecule has 2 fully saturated rings. The molecule has 0 aromatic carbocycles. The minimum absolute atomic E-state index is 0.0379. The number of nitrogens with zero attached hydrogens (tertiary/aromatic N) is 2. The van der Waals surface area contributed by atoms with Crippen LogP contribution in [0.1, 0.15) is 71.2 Å². The summed E-state index contributed by atoms with van der Waals surface area (Å²) in [6, 6.07) is -0.434. The number of thiophene rings is 1. The molecular weight excluding hydrogens is 375 g/mol. The predicted molar refractivity (Wildman–Crippen MR) is 98.1 cm³/mol. The normalized spacial score (nSPS) is 23.6. The fourth-order valence-corrected chi connectivity index (χ4v) is 5.11. The number of hydrogen-bond acceptors (Lipinski definition) is 4. The Morgan fingerprint density at radius 2 is 1.89 bits per heavy atom. The van der Waals surface area contributed by atoms with E-state index in [1.807, 2.05) is 13.8 Å². The molecule has 0 saturated heterocycles. The predicted octanol–water partition coefficient (Wildman–Crippen LogP) is 5.04. The third-order valence-electron chi connectivity index (χ3n) is 5.61. The molecule has 1 N–H and O–H groups in total. The van der Waals surface area contributed by atoms with Gasteiger partial charge in [-0.3, -0.25) is 4.79 Å². The van der Waals surface area contributed by atoms with Crippen molar-refractivity contribution in [2.24, 2.45) is 5.92 Å². The average molecular weight is 397 g/mol. The van der Waals surface area contributed by atoms with Gasteiger partial charge in [-0.2, -0.15) is 13.2 Å². The molecule has 8 heteroatoms. The average Bonchev–Trinajstić information content (AvgIpc) is 3.38. The van der Waals surface area contributed by atoms with Crippen LogP contribution in [-0.2, 0) is 0 Å². The van der Waals surface area contributed by atoms with Crippen LogP contribution in [0.5, 0.6) is 0 Å². The third kappa shape index (κ3) is 3.68. The molecular formula is C19H22F3N3OS. The molecule has 2 aliphatic rings. The lowest BCUT2D eigenvalue weighted by atomic mass is 9.85. The number of carbonyl (C=O) groups excluding carboxylic acids is 1. The van der Waals surface area contributed by atoms with Crippen LogP contribution in [0, 0.1) is 19.8 Å². The summed E-state index contributed by atoms with van der Waals surface area (Å²) >= 11 is 1.32. The van der Waals surface area contributed by atoms with Gasteiger partial charge in [0.1, 0.15) is 10.7 Å². The number of halogens is 3. The van der Waals surface area contributed by atoms with Crippen molar-refractivity contribution in [3.05, 3.63) is 22.0 Å². The number of aromatic nitrogens is 2. The molecule has 1 amide bonds. The van der Waals surface area contributed by atoms with Gasteiger partial charge in [-0.05, 0) is 51.5 Å². The second kappa shape index (κ2) is 6.72. The lowest BCUT2D eigenvalue weighted by molar-refractivity contribution is -0.183. The Bertz CT molecular complexity index is 888. The van der Waals surface area contributed by atoms with Crippen molar-refractivity contribution in [1.82, 2.24) is 15.3 Å². The fourth-order valence-electron chi connectivity index (χ4n) is 3.97. The summed E-state index contributed by atoms with van der Waals surface area (Å²) in [5.74, 6) is -0.354. The summed E-state index contributed by atoms with van der Waals surface area (Å²) in [4.78, 5) is 23.3. The number of nitrogens with one attached hydrogen (secondary N) is 1. The van der Waals surface area contributed by atoms with Gasteiger partial charge >= 0.3 is 6.18 Å². The van der Waals surface area contributed by atoms with E-state index >= 15 is 0 Å². The summed E-state index contributed by atoms with van der Waals surface area (Å²) < 4.78 is 39.0. The maximum atomic E-state index is 13.0. The Kier molecular flexibility index (Phi) is 4.64. The van der Waals surface area contributed by atoms with E-state index in [2.05, 4.69) is 15.3 Å².